The molecule has 0 spiro atoms. The van der Waals surface area contributed by atoms with Crippen LogP contribution in [-0.2, 0) is 6.54 Å². The molecule has 1 atom stereocenters. The number of amides is 2. The van der Waals surface area contributed by atoms with Crippen LogP contribution in [0.4, 0.5) is 4.79 Å². The van der Waals surface area contributed by atoms with Crippen LogP contribution in [0.3, 0.4) is 0 Å². The summed E-state index contributed by atoms with van der Waals surface area (Å²) in [7, 11) is 0. The lowest BCUT2D eigenvalue weighted by Crippen LogP contribution is -2.41. The summed E-state index contributed by atoms with van der Waals surface area (Å²) < 4.78 is 6.05. The van der Waals surface area contributed by atoms with Gasteiger partial charge in [0.05, 0.1) is 6.10 Å². The van der Waals surface area contributed by atoms with E-state index in [0.717, 1.165) is 56.8 Å². The Morgan fingerprint density at radius 3 is 2.72 bits per heavy atom. The Hall–Kier alpha value is -2.01. The SMILES string of the molecule is O=C(NCc1ccccc1OC1CCC1)N1CCC(N2CC=CC2)C1. The van der Waals surface area contributed by atoms with E-state index in [-0.39, 0.29) is 6.03 Å². The average molecular weight is 341 g/mol. The Labute approximate surface area is 149 Å². The van der Waals surface area contributed by atoms with Gasteiger partial charge in [-0.25, -0.2) is 4.79 Å². The van der Waals surface area contributed by atoms with Crippen LogP contribution >= 0.6 is 0 Å². The molecule has 1 saturated heterocycles. The molecule has 2 amide bonds. The maximum Gasteiger partial charge on any atom is 0.317 e. The number of para-hydroxylation sites is 1. The Morgan fingerprint density at radius 2 is 1.96 bits per heavy atom. The molecule has 1 N–H and O–H groups in total. The molecule has 2 fully saturated rings. The molecule has 1 aromatic rings. The summed E-state index contributed by atoms with van der Waals surface area (Å²) in [6.45, 7) is 4.23. The smallest absolute Gasteiger partial charge is 0.317 e. The number of likely N-dealkylation sites (tertiary alicyclic amines) is 1. The Kier molecular flexibility index (Phi) is 4.92. The molecule has 0 radical (unpaired) electrons. The molecule has 134 valence electrons. The van der Waals surface area contributed by atoms with Gasteiger partial charge in [0.25, 0.3) is 0 Å². The third-order valence-corrected chi connectivity index (χ3v) is 5.56. The molecule has 25 heavy (non-hydrogen) atoms. The second-order valence-electron chi connectivity index (χ2n) is 7.25. The minimum atomic E-state index is 0.0353. The quantitative estimate of drug-likeness (QED) is 0.838. The van der Waals surface area contributed by atoms with Crippen LogP contribution in [0.15, 0.2) is 36.4 Å². The average Bonchev–Trinajstić information content (AvgIpc) is 3.27. The van der Waals surface area contributed by atoms with E-state index < -0.39 is 0 Å². The van der Waals surface area contributed by atoms with E-state index in [0.29, 0.717) is 18.7 Å². The van der Waals surface area contributed by atoms with E-state index in [9.17, 15) is 4.79 Å². The van der Waals surface area contributed by atoms with Crippen molar-refractivity contribution in [2.75, 3.05) is 26.2 Å². The van der Waals surface area contributed by atoms with Crippen molar-refractivity contribution >= 4 is 6.03 Å². The lowest BCUT2D eigenvalue weighted by molar-refractivity contribution is 0.119. The Bertz CT molecular complexity index is 634. The van der Waals surface area contributed by atoms with Crippen molar-refractivity contribution < 1.29 is 9.53 Å². The summed E-state index contributed by atoms with van der Waals surface area (Å²) in [4.78, 5) is 16.9. The number of hydrogen-bond acceptors (Lipinski definition) is 3. The number of rotatable bonds is 5. The molecule has 5 heteroatoms. The Balaban J connectivity index is 1.29. The van der Waals surface area contributed by atoms with E-state index in [1.807, 2.05) is 29.2 Å². The number of ether oxygens (including phenoxy) is 1. The summed E-state index contributed by atoms with van der Waals surface area (Å²) in [5.41, 5.74) is 1.06. The third-order valence-electron chi connectivity index (χ3n) is 5.56. The normalized spacial score (nSPS) is 23.7. The van der Waals surface area contributed by atoms with Gasteiger partial charge in [0, 0.05) is 44.3 Å². The lowest BCUT2D eigenvalue weighted by Gasteiger charge is -2.27. The highest BCUT2D eigenvalue weighted by molar-refractivity contribution is 5.74. The van der Waals surface area contributed by atoms with E-state index in [2.05, 4.69) is 22.4 Å². The van der Waals surface area contributed by atoms with Crippen LogP contribution in [0.25, 0.3) is 0 Å². The number of benzene rings is 1. The van der Waals surface area contributed by atoms with Gasteiger partial charge in [0.2, 0.25) is 0 Å². The molecule has 1 aliphatic carbocycles. The first-order chi connectivity index (χ1) is 12.3. The second kappa shape index (κ2) is 7.48. The summed E-state index contributed by atoms with van der Waals surface area (Å²) >= 11 is 0. The van der Waals surface area contributed by atoms with Gasteiger partial charge in [-0.15, -0.1) is 0 Å². The molecular formula is C20H27N3O2. The first-order valence-electron chi connectivity index (χ1n) is 9.46. The van der Waals surface area contributed by atoms with Crippen LogP contribution in [0.2, 0.25) is 0 Å². The van der Waals surface area contributed by atoms with Gasteiger partial charge in [0.1, 0.15) is 5.75 Å². The van der Waals surface area contributed by atoms with Crippen molar-refractivity contribution in [2.45, 2.75) is 44.4 Å². The van der Waals surface area contributed by atoms with Crippen LogP contribution < -0.4 is 10.1 Å². The van der Waals surface area contributed by atoms with Gasteiger partial charge in [-0.3, -0.25) is 4.90 Å². The van der Waals surface area contributed by atoms with Crippen molar-refractivity contribution in [2.24, 2.45) is 0 Å². The van der Waals surface area contributed by atoms with Gasteiger partial charge < -0.3 is 15.0 Å². The molecular weight excluding hydrogens is 314 g/mol. The summed E-state index contributed by atoms with van der Waals surface area (Å²) in [6, 6.07) is 8.57. The van der Waals surface area contributed by atoms with Gasteiger partial charge in [-0.05, 0) is 31.7 Å². The zero-order valence-electron chi connectivity index (χ0n) is 14.7. The van der Waals surface area contributed by atoms with Gasteiger partial charge >= 0.3 is 6.03 Å². The molecule has 1 aromatic carbocycles. The molecule has 0 aromatic heterocycles. The highest BCUT2D eigenvalue weighted by Gasteiger charge is 2.30. The summed E-state index contributed by atoms with van der Waals surface area (Å²) in [5.74, 6) is 0.912. The fraction of sp³-hybridized carbons (Fsp3) is 0.550. The van der Waals surface area contributed by atoms with Crippen LogP contribution in [0, 0.1) is 0 Å². The summed E-state index contributed by atoms with van der Waals surface area (Å²) in [5, 5.41) is 3.07. The summed E-state index contributed by atoms with van der Waals surface area (Å²) in [6.07, 6.45) is 9.37. The number of nitrogens with one attached hydrogen (secondary N) is 1. The highest BCUT2D eigenvalue weighted by Crippen LogP contribution is 2.27. The fourth-order valence-corrected chi connectivity index (χ4v) is 3.73. The standard InChI is InChI=1S/C20H27N3O2/c24-20(23-13-10-17(15-23)22-11-3-4-12-22)21-14-16-6-1-2-9-19(16)25-18-7-5-8-18/h1-4,6,9,17-18H,5,7-8,10-15H2,(H,21,24). The van der Waals surface area contributed by atoms with Crippen LogP contribution in [-0.4, -0.2) is 54.2 Å². The van der Waals surface area contributed by atoms with Gasteiger partial charge in [0.15, 0.2) is 0 Å². The molecule has 4 rings (SSSR count). The van der Waals surface area contributed by atoms with Crippen molar-refractivity contribution in [1.29, 1.82) is 0 Å². The zero-order chi connectivity index (χ0) is 17.1. The van der Waals surface area contributed by atoms with Crippen molar-refractivity contribution in [3.63, 3.8) is 0 Å². The molecule has 1 saturated carbocycles. The van der Waals surface area contributed by atoms with E-state index in [1.54, 1.807) is 0 Å². The number of urea groups is 1. The van der Waals surface area contributed by atoms with Gasteiger partial charge in [-0.1, -0.05) is 30.4 Å². The van der Waals surface area contributed by atoms with E-state index in [1.165, 1.54) is 6.42 Å². The predicted octanol–water partition coefficient (Wildman–Crippen LogP) is 2.77. The molecule has 5 nitrogen and oxygen atoms in total. The van der Waals surface area contributed by atoms with Crippen molar-refractivity contribution in [1.82, 2.24) is 15.1 Å². The third kappa shape index (κ3) is 3.82. The fourth-order valence-electron chi connectivity index (χ4n) is 3.73. The maximum absolute atomic E-state index is 12.5. The molecule has 3 aliphatic rings. The maximum atomic E-state index is 12.5. The first kappa shape index (κ1) is 16.5. The number of carbonyl (C=O) groups excluding carboxylic acids is 1. The van der Waals surface area contributed by atoms with Crippen LogP contribution in [0.5, 0.6) is 5.75 Å². The topological polar surface area (TPSA) is 44.8 Å². The van der Waals surface area contributed by atoms with E-state index >= 15 is 0 Å². The van der Waals surface area contributed by atoms with Crippen molar-refractivity contribution in [3.8, 4) is 5.75 Å². The Morgan fingerprint density at radius 1 is 1.16 bits per heavy atom. The highest BCUT2D eigenvalue weighted by atomic mass is 16.5. The van der Waals surface area contributed by atoms with Gasteiger partial charge in [-0.2, -0.15) is 0 Å². The van der Waals surface area contributed by atoms with E-state index in [4.69, 9.17) is 4.74 Å². The largest absolute Gasteiger partial charge is 0.490 e. The van der Waals surface area contributed by atoms with Crippen molar-refractivity contribution in [3.05, 3.63) is 42.0 Å². The monoisotopic (exact) mass is 341 g/mol. The first-order valence-corrected chi connectivity index (χ1v) is 9.46. The van der Waals surface area contributed by atoms with Crippen LogP contribution in [0.1, 0.15) is 31.2 Å². The minimum Gasteiger partial charge on any atom is -0.490 e. The predicted molar refractivity (Wildman–Crippen MR) is 97.6 cm³/mol. The molecule has 1 unspecified atom stereocenters. The molecule has 0 bridgehead atoms. The minimum absolute atomic E-state index is 0.0353. The second-order valence-corrected chi connectivity index (χ2v) is 7.25. The lowest BCUT2D eigenvalue weighted by atomic mass is 9.96. The number of nitrogens with zero attached hydrogens (tertiary/aromatic N) is 2. The number of carbonyl (C=O) groups is 1. The number of hydrogen-bond donors (Lipinski definition) is 1. The molecule has 2 heterocycles. The zero-order valence-corrected chi connectivity index (χ0v) is 14.7. The molecule has 2 aliphatic heterocycles.